The monoisotopic (exact) mass is 238 g/mol. The predicted octanol–water partition coefficient (Wildman–Crippen LogP) is 1.99. The largest absolute Gasteiger partial charge is 0.497 e. The molecule has 2 rings (SSSR count). The number of benzene rings is 1. The Morgan fingerprint density at radius 3 is 2.81 bits per heavy atom. The maximum Gasteiger partial charge on any atom is 0.374 e. The van der Waals surface area contributed by atoms with Crippen molar-refractivity contribution in [2.75, 3.05) is 7.11 Å². The number of aromatic nitrogens is 2. The number of methoxy groups -OCH3 is 1. The minimum atomic E-state index is -1.21. The fraction of sp³-hybridized carbons (Fsp3) is 0.100. The van der Waals surface area contributed by atoms with Gasteiger partial charge in [0.2, 0.25) is 5.82 Å². The number of rotatable bonds is 2. The Balaban J connectivity index is 2.71. The van der Waals surface area contributed by atoms with Crippen molar-refractivity contribution >= 4 is 28.5 Å². The second-order valence-electron chi connectivity index (χ2n) is 3.03. The van der Waals surface area contributed by atoms with Crippen LogP contribution in [0.1, 0.15) is 10.6 Å². The summed E-state index contributed by atoms with van der Waals surface area (Å²) in [5.41, 5.74) is 0.471. The van der Waals surface area contributed by atoms with E-state index in [1.807, 2.05) is 0 Å². The maximum absolute atomic E-state index is 10.7. The topological polar surface area (TPSA) is 72.3 Å². The lowest BCUT2D eigenvalue weighted by Gasteiger charge is -2.03. The Hall–Kier alpha value is -1.88. The standard InChI is InChI=1S/C10H7ClN2O3/c1-16-5-2-3-7-6(4-5)8(11)13-9(12-7)10(14)15/h2-4H,1H3,(H,14,15). The van der Waals surface area contributed by atoms with Crippen molar-refractivity contribution in [2.45, 2.75) is 0 Å². The zero-order valence-corrected chi connectivity index (χ0v) is 9.02. The van der Waals surface area contributed by atoms with Gasteiger partial charge in [-0.05, 0) is 18.2 Å². The summed E-state index contributed by atoms with van der Waals surface area (Å²) in [6.07, 6.45) is 0. The predicted molar refractivity (Wildman–Crippen MR) is 58.1 cm³/mol. The summed E-state index contributed by atoms with van der Waals surface area (Å²) < 4.78 is 5.02. The van der Waals surface area contributed by atoms with E-state index in [0.29, 0.717) is 16.7 Å². The van der Waals surface area contributed by atoms with Gasteiger partial charge in [0.15, 0.2) is 0 Å². The molecule has 0 radical (unpaired) electrons. The lowest BCUT2D eigenvalue weighted by atomic mass is 10.2. The molecule has 2 aromatic rings. The summed E-state index contributed by atoms with van der Waals surface area (Å²) in [5.74, 6) is -0.914. The number of nitrogens with zero attached hydrogens (tertiary/aromatic N) is 2. The highest BCUT2D eigenvalue weighted by molar-refractivity contribution is 6.34. The summed E-state index contributed by atoms with van der Waals surface area (Å²) in [6, 6.07) is 4.97. The average Bonchev–Trinajstić information content (AvgIpc) is 2.28. The van der Waals surface area contributed by atoms with Gasteiger partial charge < -0.3 is 9.84 Å². The van der Waals surface area contributed by atoms with Crippen molar-refractivity contribution in [3.8, 4) is 5.75 Å². The van der Waals surface area contributed by atoms with Crippen molar-refractivity contribution in [3.05, 3.63) is 29.2 Å². The fourth-order valence-corrected chi connectivity index (χ4v) is 1.52. The molecule has 0 fully saturated rings. The van der Waals surface area contributed by atoms with Crippen LogP contribution < -0.4 is 4.74 Å². The molecule has 1 heterocycles. The molecule has 82 valence electrons. The van der Waals surface area contributed by atoms with Gasteiger partial charge in [0, 0.05) is 5.39 Å². The number of carboxylic acids is 1. The molecule has 0 spiro atoms. The number of ether oxygens (including phenoxy) is 1. The molecule has 16 heavy (non-hydrogen) atoms. The van der Waals surface area contributed by atoms with Gasteiger partial charge in [-0.2, -0.15) is 0 Å². The number of hydrogen-bond donors (Lipinski definition) is 1. The highest BCUT2D eigenvalue weighted by Crippen LogP contribution is 2.24. The highest BCUT2D eigenvalue weighted by Gasteiger charge is 2.11. The second kappa shape index (κ2) is 3.94. The molecule has 0 aliphatic heterocycles. The molecule has 5 nitrogen and oxygen atoms in total. The number of carbonyl (C=O) groups is 1. The van der Waals surface area contributed by atoms with Crippen molar-refractivity contribution in [1.29, 1.82) is 0 Å². The van der Waals surface area contributed by atoms with Crippen molar-refractivity contribution < 1.29 is 14.6 Å². The van der Waals surface area contributed by atoms with Gasteiger partial charge in [-0.25, -0.2) is 14.8 Å². The summed E-state index contributed by atoms with van der Waals surface area (Å²) in [5, 5.41) is 9.42. The molecule has 0 saturated carbocycles. The molecule has 0 aliphatic rings. The SMILES string of the molecule is COc1ccc2nc(C(=O)O)nc(Cl)c2c1. The minimum absolute atomic E-state index is 0.0984. The van der Waals surface area contributed by atoms with Gasteiger partial charge in [0.1, 0.15) is 10.9 Å². The molecule has 0 bridgehead atoms. The third-order valence-electron chi connectivity index (χ3n) is 2.05. The van der Waals surface area contributed by atoms with Gasteiger partial charge in [0.05, 0.1) is 12.6 Å². The smallest absolute Gasteiger partial charge is 0.374 e. The summed E-state index contributed by atoms with van der Waals surface area (Å²) in [4.78, 5) is 18.2. The van der Waals surface area contributed by atoms with Crippen LogP contribution in [0.5, 0.6) is 5.75 Å². The highest BCUT2D eigenvalue weighted by atomic mass is 35.5. The van der Waals surface area contributed by atoms with Gasteiger partial charge in [-0.1, -0.05) is 11.6 Å². The van der Waals surface area contributed by atoms with E-state index in [1.165, 1.54) is 7.11 Å². The number of carboxylic acid groups (broad SMARTS) is 1. The van der Waals surface area contributed by atoms with Gasteiger partial charge in [0.25, 0.3) is 0 Å². The van der Waals surface area contributed by atoms with Crippen LogP contribution in [0.25, 0.3) is 10.9 Å². The fourth-order valence-electron chi connectivity index (χ4n) is 1.29. The van der Waals surface area contributed by atoms with Gasteiger partial charge in [-0.15, -0.1) is 0 Å². The van der Waals surface area contributed by atoms with Crippen LogP contribution in [0.2, 0.25) is 5.15 Å². The first-order valence-corrected chi connectivity index (χ1v) is 4.74. The van der Waals surface area contributed by atoms with E-state index in [9.17, 15) is 4.79 Å². The van der Waals surface area contributed by atoms with Crippen molar-refractivity contribution in [3.63, 3.8) is 0 Å². The molecule has 0 aliphatic carbocycles. The van der Waals surface area contributed by atoms with Crippen LogP contribution in [0.3, 0.4) is 0 Å². The molecule has 0 atom stereocenters. The van der Waals surface area contributed by atoms with E-state index in [2.05, 4.69) is 9.97 Å². The molecule has 6 heteroatoms. The molecular weight excluding hydrogens is 232 g/mol. The molecule has 1 aromatic carbocycles. The van der Waals surface area contributed by atoms with E-state index in [0.717, 1.165) is 0 Å². The molecule has 0 saturated heterocycles. The number of aromatic carboxylic acids is 1. The van der Waals surface area contributed by atoms with Crippen LogP contribution in [-0.4, -0.2) is 28.2 Å². The summed E-state index contributed by atoms with van der Waals surface area (Å²) >= 11 is 5.87. The Kier molecular flexibility index (Phi) is 2.62. The second-order valence-corrected chi connectivity index (χ2v) is 3.38. The van der Waals surface area contributed by atoms with Crippen LogP contribution >= 0.6 is 11.6 Å². The van der Waals surface area contributed by atoms with E-state index >= 15 is 0 Å². The number of fused-ring (bicyclic) bond motifs is 1. The zero-order valence-electron chi connectivity index (χ0n) is 8.27. The third-order valence-corrected chi connectivity index (χ3v) is 2.34. The Morgan fingerprint density at radius 1 is 1.44 bits per heavy atom. The number of hydrogen-bond acceptors (Lipinski definition) is 4. The third kappa shape index (κ3) is 1.77. The first-order valence-electron chi connectivity index (χ1n) is 4.36. The quantitative estimate of drug-likeness (QED) is 0.810. The lowest BCUT2D eigenvalue weighted by Crippen LogP contribution is -2.04. The first kappa shape index (κ1) is 10.6. The summed E-state index contributed by atoms with van der Waals surface area (Å²) in [7, 11) is 1.53. The van der Waals surface area contributed by atoms with Crippen LogP contribution in [0.4, 0.5) is 0 Å². The lowest BCUT2D eigenvalue weighted by molar-refractivity contribution is 0.0684. The Morgan fingerprint density at radius 2 is 2.19 bits per heavy atom. The molecular formula is C10H7ClN2O3. The van der Waals surface area contributed by atoms with Crippen molar-refractivity contribution in [1.82, 2.24) is 9.97 Å². The number of halogens is 1. The van der Waals surface area contributed by atoms with E-state index in [4.69, 9.17) is 21.4 Å². The van der Waals surface area contributed by atoms with E-state index < -0.39 is 5.97 Å². The van der Waals surface area contributed by atoms with Crippen LogP contribution in [0.15, 0.2) is 18.2 Å². The van der Waals surface area contributed by atoms with E-state index in [-0.39, 0.29) is 11.0 Å². The van der Waals surface area contributed by atoms with Crippen LogP contribution in [-0.2, 0) is 0 Å². The summed E-state index contributed by atoms with van der Waals surface area (Å²) in [6.45, 7) is 0. The van der Waals surface area contributed by atoms with Crippen LogP contribution in [0, 0.1) is 0 Å². The maximum atomic E-state index is 10.7. The van der Waals surface area contributed by atoms with Gasteiger partial charge >= 0.3 is 5.97 Å². The minimum Gasteiger partial charge on any atom is -0.497 e. The normalized spacial score (nSPS) is 10.4. The van der Waals surface area contributed by atoms with Crippen molar-refractivity contribution in [2.24, 2.45) is 0 Å². The zero-order chi connectivity index (χ0) is 11.7. The first-order chi connectivity index (χ1) is 7.61. The molecule has 0 unspecified atom stereocenters. The molecule has 1 aromatic heterocycles. The molecule has 1 N–H and O–H groups in total. The average molecular weight is 239 g/mol. The van der Waals surface area contributed by atoms with Gasteiger partial charge in [-0.3, -0.25) is 0 Å². The Labute approximate surface area is 95.7 Å². The van der Waals surface area contributed by atoms with E-state index in [1.54, 1.807) is 18.2 Å². The Bertz CT molecular complexity index is 571. The molecule has 0 amide bonds.